The Labute approximate surface area is 78.8 Å². The maximum atomic E-state index is 8.78. The van der Waals surface area contributed by atoms with Crippen molar-refractivity contribution in [3.8, 4) is 0 Å². The van der Waals surface area contributed by atoms with E-state index in [0.29, 0.717) is 0 Å². The van der Waals surface area contributed by atoms with Gasteiger partial charge in [0.25, 0.3) is 0 Å². The molecule has 0 fully saturated rings. The van der Waals surface area contributed by atoms with Crippen molar-refractivity contribution in [1.82, 2.24) is 14.5 Å². The zero-order chi connectivity index (χ0) is 9.68. The lowest BCUT2D eigenvalue weighted by atomic mass is 10.4. The minimum atomic E-state index is 0.0285. The number of imidazole rings is 1. The summed E-state index contributed by atoms with van der Waals surface area (Å²) in [5, 5.41) is 8.78. The van der Waals surface area contributed by atoms with Crippen LogP contribution in [0.15, 0.2) is 12.5 Å². The molecule has 0 aliphatic heterocycles. The van der Waals surface area contributed by atoms with E-state index in [1.165, 1.54) is 0 Å². The quantitative estimate of drug-likeness (QED) is 0.715. The Balaban J connectivity index is 2.28. The molecule has 0 saturated carbocycles. The molecule has 0 spiro atoms. The predicted octanol–water partition coefficient (Wildman–Crippen LogP) is 0.327. The van der Waals surface area contributed by atoms with Crippen molar-refractivity contribution in [2.45, 2.75) is 19.6 Å². The standard InChI is InChI=1S/C9H17N3O/c1-11(2)4-3-5-12-6-9(7-13)10-8-12/h6,8,13H,3-5,7H2,1-2H3. The minimum absolute atomic E-state index is 0.0285. The Kier molecular flexibility index (Phi) is 3.92. The molecule has 0 bridgehead atoms. The summed E-state index contributed by atoms with van der Waals surface area (Å²) in [6, 6.07) is 0. The highest BCUT2D eigenvalue weighted by molar-refractivity contribution is 4.93. The van der Waals surface area contributed by atoms with Crippen molar-refractivity contribution in [3.63, 3.8) is 0 Å². The molecule has 0 aliphatic carbocycles. The number of aliphatic hydroxyl groups excluding tert-OH is 1. The van der Waals surface area contributed by atoms with Crippen molar-refractivity contribution in [3.05, 3.63) is 18.2 Å². The Hall–Kier alpha value is -0.870. The largest absolute Gasteiger partial charge is 0.390 e. The van der Waals surface area contributed by atoms with E-state index in [-0.39, 0.29) is 6.61 Å². The lowest BCUT2D eigenvalue weighted by Gasteiger charge is -2.08. The van der Waals surface area contributed by atoms with Crippen molar-refractivity contribution >= 4 is 0 Å². The van der Waals surface area contributed by atoms with Gasteiger partial charge in [-0.25, -0.2) is 4.98 Å². The van der Waals surface area contributed by atoms with Crippen LogP contribution in [-0.2, 0) is 13.2 Å². The summed E-state index contributed by atoms with van der Waals surface area (Å²) in [5.74, 6) is 0. The van der Waals surface area contributed by atoms with Gasteiger partial charge in [-0.15, -0.1) is 0 Å². The molecule has 74 valence electrons. The molecule has 1 N–H and O–H groups in total. The van der Waals surface area contributed by atoms with Gasteiger partial charge in [0.05, 0.1) is 18.6 Å². The highest BCUT2D eigenvalue weighted by Gasteiger charge is 1.96. The molecule has 13 heavy (non-hydrogen) atoms. The predicted molar refractivity (Wildman–Crippen MR) is 51.3 cm³/mol. The maximum Gasteiger partial charge on any atom is 0.0950 e. The molecule has 4 heteroatoms. The zero-order valence-corrected chi connectivity index (χ0v) is 8.27. The fraction of sp³-hybridized carbons (Fsp3) is 0.667. The first-order valence-electron chi connectivity index (χ1n) is 4.48. The topological polar surface area (TPSA) is 41.3 Å². The molecule has 0 atom stereocenters. The monoisotopic (exact) mass is 183 g/mol. The van der Waals surface area contributed by atoms with E-state index in [4.69, 9.17) is 5.11 Å². The first-order valence-corrected chi connectivity index (χ1v) is 4.48. The molecular formula is C9H17N3O. The molecule has 0 aliphatic rings. The minimum Gasteiger partial charge on any atom is -0.390 e. The average Bonchev–Trinajstić information content (AvgIpc) is 2.52. The Bertz CT molecular complexity index is 245. The van der Waals surface area contributed by atoms with Crippen molar-refractivity contribution in [1.29, 1.82) is 0 Å². The van der Waals surface area contributed by atoms with E-state index in [1.807, 2.05) is 10.8 Å². The summed E-state index contributed by atoms with van der Waals surface area (Å²) in [6.07, 6.45) is 4.76. The zero-order valence-electron chi connectivity index (χ0n) is 8.27. The van der Waals surface area contributed by atoms with Crippen LogP contribution >= 0.6 is 0 Å². The van der Waals surface area contributed by atoms with Crippen molar-refractivity contribution < 1.29 is 5.11 Å². The second-order valence-corrected chi connectivity index (χ2v) is 3.42. The summed E-state index contributed by atoms with van der Waals surface area (Å²) >= 11 is 0. The van der Waals surface area contributed by atoms with Crippen molar-refractivity contribution in [2.24, 2.45) is 0 Å². The van der Waals surface area contributed by atoms with E-state index in [2.05, 4.69) is 24.0 Å². The molecule has 1 aromatic heterocycles. The van der Waals surface area contributed by atoms with Gasteiger partial charge in [-0.3, -0.25) is 0 Å². The highest BCUT2D eigenvalue weighted by atomic mass is 16.3. The summed E-state index contributed by atoms with van der Waals surface area (Å²) in [6.45, 7) is 2.07. The van der Waals surface area contributed by atoms with Crippen molar-refractivity contribution in [2.75, 3.05) is 20.6 Å². The number of hydrogen-bond donors (Lipinski definition) is 1. The van der Waals surface area contributed by atoms with Crippen LogP contribution in [0.4, 0.5) is 0 Å². The molecule has 4 nitrogen and oxygen atoms in total. The van der Waals surface area contributed by atoms with E-state index in [9.17, 15) is 0 Å². The van der Waals surface area contributed by atoms with E-state index < -0.39 is 0 Å². The van der Waals surface area contributed by atoms with Crippen LogP contribution in [0.25, 0.3) is 0 Å². The fourth-order valence-electron chi connectivity index (χ4n) is 1.18. The van der Waals surface area contributed by atoms with Crippen LogP contribution < -0.4 is 0 Å². The normalized spacial score (nSPS) is 11.1. The van der Waals surface area contributed by atoms with Crippen LogP contribution in [0.5, 0.6) is 0 Å². The molecule has 0 saturated heterocycles. The van der Waals surface area contributed by atoms with Gasteiger partial charge < -0.3 is 14.6 Å². The molecule has 1 rings (SSSR count). The van der Waals surface area contributed by atoms with E-state index in [1.54, 1.807) is 6.33 Å². The molecular weight excluding hydrogens is 166 g/mol. The van der Waals surface area contributed by atoms with Gasteiger partial charge in [-0.1, -0.05) is 0 Å². The average molecular weight is 183 g/mol. The summed E-state index contributed by atoms with van der Waals surface area (Å²) < 4.78 is 2.01. The summed E-state index contributed by atoms with van der Waals surface area (Å²) in [4.78, 5) is 6.19. The number of aromatic nitrogens is 2. The second kappa shape index (κ2) is 4.99. The Morgan fingerprint density at radius 2 is 2.31 bits per heavy atom. The van der Waals surface area contributed by atoms with Crippen LogP contribution in [-0.4, -0.2) is 40.2 Å². The Morgan fingerprint density at radius 1 is 1.54 bits per heavy atom. The molecule has 0 radical (unpaired) electrons. The van der Waals surface area contributed by atoms with Gasteiger partial charge in [-0.05, 0) is 27.1 Å². The molecule has 1 aromatic rings. The van der Waals surface area contributed by atoms with Gasteiger partial charge in [-0.2, -0.15) is 0 Å². The van der Waals surface area contributed by atoms with Gasteiger partial charge in [0.1, 0.15) is 0 Å². The third kappa shape index (κ3) is 3.57. The van der Waals surface area contributed by atoms with Crippen LogP contribution in [0.1, 0.15) is 12.1 Å². The summed E-state index contributed by atoms with van der Waals surface area (Å²) in [7, 11) is 4.13. The number of aliphatic hydroxyl groups is 1. The first-order chi connectivity index (χ1) is 6.22. The van der Waals surface area contributed by atoms with Gasteiger partial charge in [0.15, 0.2) is 0 Å². The van der Waals surface area contributed by atoms with E-state index >= 15 is 0 Å². The lowest BCUT2D eigenvalue weighted by Crippen LogP contribution is -2.14. The van der Waals surface area contributed by atoms with Gasteiger partial charge in [0, 0.05) is 12.7 Å². The van der Waals surface area contributed by atoms with Crippen LogP contribution in [0.2, 0.25) is 0 Å². The molecule has 0 unspecified atom stereocenters. The number of nitrogens with zero attached hydrogens (tertiary/aromatic N) is 3. The third-order valence-corrected chi connectivity index (χ3v) is 1.87. The van der Waals surface area contributed by atoms with Crippen LogP contribution in [0, 0.1) is 0 Å². The lowest BCUT2D eigenvalue weighted by molar-refractivity contribution is 0.277. The molecule has 1 heterocycles. The molecule has 0 aromatic carbocycles. The van der Waals surface area contributed by atoms with Gasteiger partial charge in [0.2, 0.25) is 0 Å². The number of aryl methyl sites for hydroxylation is 1. The first kappa shape index (κ1) is 10.2. The fourth-order valence-corrected chi connectivity index (χ4v) is 1.18. The Morgan fingerprint density at radius 3 is 2.85 bits per heavy atom. The van der Waals surface area contributed by atoms with E-state index in [0.717, 1.165) is 25.2 Å². The van der Waals surface area contributed by atoms with Gasteiger partial charge >= 0.3 is 0 Å². The summed E-state index contributed by atoms with van der Waals surface area (Å²) in [5.41, 5.74) is 0.741. The smallest absolute Gasteiger partial charge is 0.0950 e. The number of hydrogen-bond acceptors (Lipinski definition) is 3. The SMILES string of the molecule is CN(C)CCCn1cnc(CO)c1. The third-order valence-electron chi connectivity index (χ3n) is 1.87. The maximum absolute atomic E-state index is 8.78. The number of rotatable bonds is 5. The highest BCUT2D eigenvalue weighted by Crippen LogP contribution is 1.97. The second-order valence-electron chi connectivity index (χ2n) is 3.42. The molecule has 0 amide bonds. The van der Waals surface area contributed by atoms with Crippen LogP contribution in [0.3, 0.4) is 0 Å².